The van der Waals surface area contributed by atoms with E-state index in [0.29, 0.717) is 6.04 Å². The Kier molecular flexibility index (Phi) is 8.35. The van der Waals surface area contributed by atoms with Crippen molar-refractivity contribution in [2.45, 2.75) is 85.6 Å². The molecule has 1 unspecified atom stereocenters. The van der Waals surface area contributed by atoms with Gasteiger partial charge >= 0.3 is 0 Å². The number of hydrogen-bond donors (Lipinski definition) is 2. The molecule has 0 radical (unpaired) electrons. The first-order chi connectivity index (χ1) is 12.3. The smallest absolute Gasteiger partial charge is 0.0346 e. The van der Waals surface area contributed by atoms with E-state index < -0.39 is 0 Å². The van der Waals surface area contributed by atoms with E-state index in [0.717, 1.165) is 19.5 Å². The first-order valence-electron chi connectivity index (χ1n) is 10.2. The standard InChI is InChI=1S/C25H42N2/c1-18(2)13-22(14-19(3)4)26-11-12-27-23-16-20(24(5,6)7)15-21(17-23)25(8,9)10/h14-17,22,26-27H,1,11-13H2,2-10H3. The Hall–Kier alpha value is -1.54. The maximum absolute atomic E-state index is 4.06. The minimum absolute atomic E-state index is 0.145. The molecule has 0 spiro atoms. The van der Waals surface area contributed by atoms with Crippen LogP contribution in [0.2, 0.25) is 0 Å². The molecule has 0 heterocycles. The summed E-state index contributed by atoms with van der Waals surface area (Å²) in [6, 6.07) is 7.33. The van der Waals surface area contributed by atoms with E-state index in [1.165, 1.54) is 28.0 Å². The maximum Gasteiger partial charge on any atom is 0.0346 e. The van der Waals surface area contributed by atoms with Gasteiger partial charge in [-0.15, -0.1) is 6.58 Å². The second kappa shape index (κ2) is 9.59. The largest absolute Gasteiger partial charge is 0.384 e. The van der Waals surface area contributed by atoms with Crippen molar-refractivity contribution in [3.8, 4) is 0 Å². The highest BCUT2D eigenvalue weighted by atomic mass is 15.0. The Morgan fingerprint density at radius 2 is 1.44 bits per heavy atom. The van der Waals surface area contributed by atoms with E-state index in [4.69, 9.17) is 0 Å². The summed E-state index contributed by atoms with van der Waals surface area (Å²) in [5.41, 5.74) is 6.83. The minimum Gasteiger partial charge on any atom is -0.384 e. The molecule has 152 valence electrons. The van der Waals surface area contributed by atoms with Crippen LogP contribution in [-0.4, -0.2) is 19.1 Å². The molecule has 0 aliphatic heterocycles. The average Bonchev–Trinajstić information content (AvgIpc) is 2.48. The molecular weight excluding hydrogens is 328 g/mol. The van der Waals surface area contributed by atoms with Crippen LogP contribution >= 0.6 is 0 Å². The molecule has 1 rings (SSSR count). The summed E-state index contributed by atoms with van der Waals surface area (Å²) >= 11 is 0. The summed E-state index contributed by atoms with van der Waals surface area (Å²) in [4.78, 5) is 0. The van der Waals surface area contributed by atoms with Crippen LogP contribution in [0.25, 0.3) is 0 Å². The predicted octanol–water partition coefficient (Wildman–Crippen LogP) is 6.58. The van der Waals surface area contributed by atoms with Gasteiger partial charge in [-0.2, -0.15) is 0 Å². The molecule has 1 atom stereocenters. The van der Waals surface area contributed by atoms with Crippen LogP contribution in [-0.2, 0) is 10.8 Å². The number of allylic oxidation sites excluding steroid dienone is 1. The first kappa shape index (κ1) is 23.5. The van der Waals surface area contributed by atoms with Gasteiger partial charge < -0.3 is 10.6 Å². The van der Waals surface area contributed by atoms with E-state index >= 15 is 0 Å². The lowest BCUT2D eigenvalue weighted by molar-refractivity contribution is 0.568. The van der Waals surface area contributed by atoms with Gasteiger partial charge in [-0.3, -0.25) is 0 Å². The molecule has 1 aromatic rings. The summed E-state index contributed by atoms with van der Waals surface area (Å²) in [5, 5.41) is 7.27. The lowest BCUT2D eigenvalue weighted by Gasteiger charge is -2.26. The fraction of sp³-hybridized carbons (Fsp3) is 0.600. The van der Waals surface area contributed by atoms with Gasteiger partial charge in [0, 0.05) is 24.8 Å². The van der Waals surface area contributed by atoms with Crippen molar-refractivity contribution in [3.05, 3.63) is 53.1 Å². The quantitative estimate of drug-likeness (QED) is 0.399. The summed E-state index contributed by atoms with van der Waals surface area (Å²) < 4.78 is 0. The van der Waals surface area contributed by atoms with Crippen LogP contribution in [0, 0.1) is 0 Å². The van der Waals surface area contributed by atoms with Gasteiger partial charge in [0.05, 0.1) is 0 Å². The first-order valence-corrected chi connectivity index (χ1v) is 10.2. The van der Waals surface area contributed by atoms with Crippen molar-refractivity contribution < 1.29 is 0 Å². The van der Waals surface area contributed by atoms with Crippen molar-refractivity contribution in [3.63, 3.8) is 0 Å². The molecule has 0 saturated carbocycles. The van der Waals surface area contributed by atoms with Gasteiger partial charge in [-0.1, -0.05) is 64.8 Å². The van der Waals surface area contributed by atoms with E-state index in [-0.39, 0.29) is 10.8 Å². The number of hydrogen-bond acceptors (Lipinski definition) is 2. The van der Waals surface area contributed by atoms with E-state index in [2.05, 4.69) is 104 Å². The Bertz CT molecular complexity index is 618. The number of nitrogens with one attached hydrogen (secondary N) is 2. The average molecular weight is 371 g/mol. The molecule has 0 aliphatic carbocycles. The van der Waals surface area contributed by atoms with Crippen LogP contribution < -0.4 is 10.6 Å². The van der Waals surface area contributed by atoms with Gasteiger partial charge in [-0.25, -0.2) is 0 Å². The third-order valence-electron chi connectivity index (χ3n) is 4.63. The molecule has 0 aromatic heterocycles. The van der Waals surface area contributed by atoms with Gasteiger partial charge in [0.2, 0.25) is 0 Å². The Balaban J connectivity index is 2.81. The highest BCUT2D eigenvalue weighted by Gasteiger charge is 2.20. The molecular formula is C25H42N2. The third-order valence-corrected chi connectivity index (χ3v) is 4.63. The Morgan fingerprint density at radius 1 is 0.926 bits per heavy atom. The molecule has 0 bridgehead atoms. The SMILES string of the molecule is C=C(C)CC(C=C(C)C)NCCNc1cc(C(C)(C)C)cc(C(C)(C)C)c1. The molecule has 2 N–H and O–H groups in total. The lowest BCUT2D eigenvalue weighted by Crippen LogP contribution is -2.32. The zero-order valence-electron chi connectivity index (χ0n) is 19.2. The van der Waals surface area contributed by atoms with Crippen LogP contribution in [0.4, 0.5) is 5.69 Å². The van der Waals surface area contributed by atoms with Crippen LogP contribution in [0.15, 0.2) is 42.0 Å². The van der Waals surface area contributed by atoms with Crippen molar-refractivity contribution in [1.82, 2.24) is 5.32 Å². The second-order valence-corrected chi connectivity index (χ2v) is 10.2. The van der Waals surface area contributed by atoms with Crippen LogP contribution in [0.3, 0.4) is 0 Å². The molecule has 0 saturated heterocycles. The Morgan fingerprint density at radius 3 is 1.85 bits per heavy atom. The molecule has 2 heteroatoms. The number of rotatable bonds is 8. The van der Waals surface area contributed by atoms with Gasteiger partial charge in [0.15, 0.2) is 0 Å². The predicted molar refractivity (Wildman–Crippen MR) is 123 cm³/mol. The Labute approximate surface area is 168 Å². The normalized spacial score (nSPS) is 13.2. The lowest BCUT2D eigenvalue weighted by atomic mass is 9.80. The van der Waals surface area contributed by atoms with Crippen molar-refractivity contribution in [2.24, 2.45) is 0 Å². The van der Waals surface area contributed by atoms with Crippen molar-refractivity contribution in [2.75, 3.05) is 18.4 Å². The zero-order chi connectivity index (χ0) is 20.8. The summed E-state index contributed by atoms with van der Waals surface area (Å²) in [6.45, 7) is 26.0. The molecule has 27 heavy (non-hydrogen) atoms. The molecule has 2 nitrogen and oxygen atoms in total. The summed E-state index contributed by atoms with van der Waals surface area (Å²) in [5.74, 6) is 0. The van der Waals surface area contributed by atoms with E-state index in [9.17, 15) is 0 Å². The highest BCUT2D eigenvalue weighted by Crippen LogP contribution is 2.31. The number of anilines is 1. The molecule has 0 fully saturated rings. The van der Waals surface area contributed by atoms with Crippen LogP contribution in [0.5, 0.6) is 0 Å². The monoisotopic (exact) mass is 370 g/mol. The molecule has 0 amide bonds. The topological polar surface area (TPSA) is 24.1 Å². The molecule has 1 aromatic carbocycles. The summed E-state index contributed by atoms with van der Waals surface area (Å²) in [7, 11) is 0. The highest BCUT2D eigenvalue weighted by molar-refractivity contribution is 5.52. The van der Waals surface area contributed by atoms with Crippen molar-refractivity contribution in [1.29, 1.82) is 0 Å². The molecule has 0 aliphatic rings. The fourth-order valence-corrected chi connectivity index (χ4v) is 3.03. The van der Waals surface area contributed by atoms with Gasteiger partial charge in [0.1, 0.15) is 0 Å². The van der Waals surface area contributed by atoms with E-state index in [1.807, 2.05) is 0 Å². The maximum atomic E-state index is 4.06. The minimum atomic E-state index is 0.145. The second-order valence-electron chi connectivity index (χ2n) is 10.2. The zero-order valence-corrected chi connectivity index (χ0v) is 19.2. The number of benzene rings is 1. The summed E-state index contributed by atoms with van der Waals surface area (Å²) in [6.07, 6.45) is 3.28. The van der Waals surface area contributed by atoms with Gasteiger partial charge in [-0.05, 0) is 61.3 Å². The van der Waals surface area contributed by atoms with Gasteiger partial charge in [0.25, 0.3) is 0 Å². The van der Waals surface area contributed by atoms with Crippen LogP contribution in [0.1, 0.15) is 79.9 Å². The fourth-order valence-electron chi connectivity index (χ4n) is 3.03. The van der Waals surface area contributed by atoms with E-state index in [1.54, 1.807) is 0 Å². The van der Waals surface area contributed by atoms with Crippen molar-refractivity contribution >= 4 is 5.69 Å². The third kappa shape index (κ3) is 8.79.